The molecular weight excluding hydrogens is 294 g/mol. The van der Waals surface area contributed by atoms with E-state index in [4.69, 9.17) is 0 Å². The highest BCUT2D eigenvalue weighted by Crippen LogP contribution is 2.25. The van der Waals surface area contributed by atoms with Gasteiger partial charge in [0.25, 0.3) is 17.4 Å². The average Bonchev–Trinajstić information content (AvgIpc) is 3.03. The van der Waals surface area contributed by atoms with Gasteiger partial charge in [0, 0.05) is 5.39 Å². The third-order valence-electron chi connectivity index (χ3n) is 4.28. The van der Waals surface area contributed by atoms with Crippen LogP contribution in [0.2, 0.25) is 0 Å². The fourth-order valence-corrected chi connectivity index (χ4v) is 3.22. The first-order chi connectivity index (χ1) is 11.1. The molecule has 110 valence electrons. The molecule has 6 heteroatoms. The molecule has 0 fully saturated rings. The molecule has 2 N–H and O–H groups in total. The third-order valence-corrected chi connectivity index (χ3v) is 4.28. The van der Waals surface area contributed by atoms with Gasteiger partial charge in [0.15, 0.2) is 0 Å². The maximum atomic E-state index is 12.8. The molecule has 0 saturated heterocycles. The summed E-state index contributed by atoms with van der Waals surface area (Å²) in [5, 5.41) is 3.70. The molecule has 0 saturated carbocycles. The van der Waals surface area contributed by atoms with E-state index in [1.54, 1.807) is 18.2 Å². The number of aromatic amines is 1. The van der Waals surface area contributed by atoms with Gasteiger partial charge in [-0.1, -0.05) is 18.2 Å². The molecule has 0 atom stereocenters. The number of aromatic nitrogens is 2. The van der Waals surface area contributed by atoms with E-state index in [-0.39, 0.29) is 5.56 Å². The Bertz CT molecular complexity index is 1250. The Hall–Kier alpha value is -3.41. The lowest BCUT2D eigenvalue weighted by atomic mass is 10.1. The van der Waals surface area contributed by atoms with Crippen molar-refractivity contribution < 1.29 is 9.59 Å². The number of hydrogen-bond donors (Lipinski definition) is 2. The number of hydrogen-bond acceptors (Lipinski definition) is 3. The van der Waals surface area contributed by atoms with Gasteiger partial charge in [-0.2, -0.15) is 0 Å². The van der Waals surface area contributed by atoms with Crippen LogP contribution in [0.1, 0.15) is 20.7 Å². The first kappa shape index (κ1) is 12.2. The number of nitrogens with zero attached hydrogens (tertiary/aromatic N) is 1. The summed E-state index contributed by atoms with van der Waals surface area (Å²) in [7, 11) is 0. The third kappa shape index (κ3) is 1.44. The first-order valence-electron chi connectivity index (χ1n) is 7.09. The van der Waals surface area contributed by atoms with Crippen molar-refractivity contribution in [3.05, 3.63) is 63.9 Å². The maximum Gasteiger partial charge on any atom is 0.264 e. The number of imidazole rings is 1. The van der Waals surface area contributed by atoms with Gasteiger partial charge in [-0.05, 0) is 29.7 Å². The van der Waals surface area contributed by atoms with Gasteiger partial charge in [0.2, 0.25) is 0 Å². The number of carbonyl (C=O) groups is 2. The second-order valence-corrected chi connectivity index (χ2v) is 5.58. The molecule has 0 radical (unpaired) electrons. The number of pyridine rings is 1. The molecule has 4 aromatic rings. The number of amides is 2. The summed E-state index contributed by atoms with van der Waals surface area (Å²) in [5.74, 6) is -0.849. The summed E-state index contributed by atoms with van der Waals surface area (Å²) in [5.41, 5.74) is 2.31. The van der Waals surface area contributed by atoms with Crippen LogP contribution in [-0.2, 0) is 0 Å². The molecular formula is C17H9N3O3. The van der Waals surface area contributed by atoms with E-state index < -0.39 is 11.8 Å². The molecule has 1 aliphatic heterocycles. The topological polar surface area (TPSA) is 83.4 Å². The standard InChI is InChI=1S/C17H9N3O3/c21-15-10-6-12-13(7-11(10)16(22)19-15)20-14(18-12)5-8-3-1-2-4-9(8)17(20)23/h1-7,18H,(H,19,21,22). The number of benzene rings is 2. The normalized spacial score (nSPS) is 13.9. The zero-order valence-corrected chi connectivity index (χ0v) is 11.7. The molecule has 0 spiro atoms. The molecule has 5 rings (SSSR count). The number of nitrogens with one attached hydrogen (secondary N) is 2. The molecule has 2 amide bonds. The van der Waals surface area contributed by atoms with Crippen molar-refractivity contribution in [1.29, 1.82) is 0 Å². The second-order valence-electron chi connectivity index (χ2n) is 5.58. The first-order valence-corrected chi connectivity index (χ1v) is 7.09. The van der Waals surface area contributed by atoms with Gasteiger partial charge >= 0.3 is 0 Å². The lowest BCUT2D eigenvalue weighted by molar-refractivity contribution is 0.0879. The largest absolute Gasteiger partial charge is 0.340 e. The Morgan fingerprint density at radius 3 is 2.43 bits per heavy atom. The van der Waals surface area contributed by atoms with Crippen molar-refractivity contribution in [1.82, 2.24) is 14.7 Å². The Balaban J connectivity index is 2.02. The fourth-order valence-electron chi connectivity index (χ4n) is 3.22. The zero-order valence-electron chi connectivity index (χ0n) is 11.7. The van der Waals surface area contributed by atoms with Crippen LogP contribution in [0.3, 0.4) is 0 Å². The van der Waals surface area contributed by atoms with E-state index in [0.29, 0.717) is 33.2 Å². The fraction of sp³-hybridized carbons (Fsp3) is 0. The Kier molecular flexibility index (Phi) is 2.04. The van der Waals surface area contributed by atoms with Crippen LogP contribution >= 0.6 is 0 Å². The van der Waals surface area contributed by atoms with Gasteiger partial charge in [0.05, 0.1) is 22.2 Å². The van der Waals surface area contributed by atoms with Crippen LogP contribution in [0, 0.1) is 0 Å². The van der Waals surface area contributed by atoms with Crippen LogP contribution in [0.15, 0.2) is 47.3 Å². The molecule has 2 aromatic heterocycles. The highest BCUT2D eigenvalue weighted by Gasteiger charge is 2.28. The lowest BCUT2D eigenvalue weighted by Gasteiger charge is -2.00. The van der Waals surface area contributed by atoms with Gasteiger partial charge in [0.1, 0.15) is 5.65 Å². The molecule has 1 aliphatic rings. The predicted octanol–water partition coefficient (Wildman–Crippen LogP) is 1.82. The number of rotatable bonds is 0. The quantitative estimate of drug-likeness (QED) is 0.486. The van der Waals surface area contributed by atoms with E-state index in [2.05, 4.69) is 10.3 Å². The van der Waals surface area contributed by atoms with Gasteiger partial charge in [-0.25, -0.2) is 0 Å². The van der Waals surface area contributed by atoms with Crippen molar-refractivity contribution in [2.45, 2.75) is 0 Å². The molecule has 0 unspecified atom stereocenters. The number of H-pyrrole nitrogens is 1. The second kappa shape index (κ2) is 3.86. The minimum absolute atomic E-state index is 0.158. The van der Waals surface area contributed by atoms with Crippen LogP contribution < -0.4 is 10.9 Å². The van der Waals surface area contributed by atoms with Crippen LogP contribution in [0.5, 0.6) is 0 Å². The van der Waals surface area contributed by atoms with Crippen LogP contribution in [0.25, 0.3) is 27.5 Å². The summed E-state index contributed by atoms with van der Waals surface area (Å²) in [6.07, 6.45) is 0. The summed E-state index contributed by atoms with van der Waals surface area (Å²) >= 11 is 0. The van der Waals surface area contributed by atoms with Crippen molar-refractivity contribution in [3.63, 3.8) is 0 Å². The van der Waals surface area contributed by atoms with Crippen molar-refractivity contribution in [3.8, 4) is 0 Å². The van der Waals surface area contributed by atoms with E-state index in [1.165, 1.54) is 4.40 Å². The lowest BCUT2D eigenvalue weighted by Crippen LogP contribution is -2.19. The highest BCUT2D eigenvalue weighted by molar-refractivity contribution is 6.23. The number of carbonyl (C=O) groups excluding carboxylic acids is 2. The van der Waals surface area contributed by atoms with Gasteiger partial charge in [-0.15, -0.1) is 0 Å². The molecule has 0 aliphatic carbocycles. The molecule has 0 bridgehead atoms. The van der Waals surface area contributed by atoms with Crippen molar-refractivity contribution >= 4 is 39.3 Å². The van der Waals surface area contributed by atoms with Crippen molar-refractivity contribution in [2.24, 2.45) is 0 Å². The van der Waals surface area contributed by atoms with Crippen molar-refractivity contribution in [2.75, 3.05) is 0 Å². The zero-order chi connectivity index (χ0) is 15.7. The molecule has 23 heavy (non-hydrogen) atoms. The highest BCUT2D eigenvalue weighted by atomic mass is 16.2. The SMILES string of the molecule is O=C1NC(=O)c2cc3c(cc21)[nH]c1cc2ccccc2c(=O)n13. The summed E-state index contributed by atoms with van der Waals surface area (Å²) in [4.78, 5) is 39.6. The maximum absolute atomic E-state index is 12.8. The minimum Gasteiger partial charge on any atom is -0.340 e. The van der Waals surface area contributed by atoms with Gasteiger partial charge < -0.3 is 4.98 Å². The summed E-state index contributed by atoms with van der Waals surface area (Å²) < 4.78 is 1.54. The van der Waals surface area contributed by atoms with E-state index in [9.17, 15) is 14.4 Å². The average molecular weight is 303 g/mol. The molecule has 3 heterocycles. The smallest absolute Gasteiger partial charge is 0.264 e. The molecule has 2 aromatic carbocycles. The summed E-state index contributed by atoms with van der Waals surface area (Å²) in [6.45, 7) is 0. The Labute approximate surface area is 128 Å². The number of fused-ring (bicyclic) bond motifs is 5. The molecule has 6 nitrogen and oxygen atoms in total. The van der Waals surface area contributed by atoms with Gasteiger partial charge in [-0.3, -0.25) is 24.1 Å². The monoisotopic (exact) mass is 303 g/mol. The number of imide groups is 1. The van der Waals surface area contributed by atoms with E-state index in [0.717, 1.165) is 5.39 Å². The van der Waals surface area contributed by atoms with E-state index in [1.807, 2.05) is 24.3 Å². The van der Waals surface area contributed by atoms with E-state index >= 15 is 0 Å². The Morgan fingerprint density at radius 2 is 1.61 bits per heavy atom. The van der Waals surface area contributed by atoms with Crippen LogP contribution in [-0.4, -0.2) is 21.2 Å². The summed E-state index contributed by atoms with van der Waals surface area (Å²) in [6, 6.07) is 12.4. The predicted molar refractivity (Wildman–Crippen MR) is 84.8 cm³/mol. The Morgan fingerprint density at radius 1 is 0.870 bits per heavy atom. The van der Waals surface area contributed by atoms with Crippen LogP contribution in [0.4, 0.5) is 0 Å². The minimum atomic E-state index is -0.435.